The highest BCUT2D eigenvalue weighted by Crippen LogP contribution is 2.41. The zero-order valence-corrected chi connectivity index (χ0v) is 7.10. The number of halogens is 4. The Morgan fingerprint density at radius 2 is 1.54 bits per heavy atom. The summed E-state index contributed by atoms with van der Waals surface area (Å²) in [5.74, 6) is 0. The maximum Gasteiger partial charge on any atom is 0.427 e. The molecule has 0 heterocycles. The minimum absolute atomic E-state index is 0.385. The zero-order valence-electron chi connectivity index (χ0n) is 6.35. The van der Waals surface area contributed by atoms with Gasteiger partial charge in [-0.1, -0.05) is 41.9 Å². The number of alkyl halides is 4. The second kappa shape index (κ2) is 3.20. The molecule has 0 aliphatic rings. The second-order valence-electron chi connectivity index (χ2n) is 2.49. The predicted molar refractivity (Wildman–Crippen MR) is 42.2 cm³/mol. The first-order valence-electron chi connectivity index (χ1n) is 3.39. The Bertz CT molecular complexity index is 281. The lowest BCUT2D eigenvalue weighted by Crippen LogP contribution is -2.38. The van der Waals surface area contributed by atoms with E-state index in [4.69, 9.17) is 17.3 Å². The van der Waals surface area contributed by atoms with Crippen molar-refractivity contribution < 1.29 is 13.2 Å². The van der Waals surface area contributed by atoms with Gasteiger partial charge in [-0.15, -0.1) is 5.73 Å². The number of nitrogens with zero attached hydrogens (tertiary/aromatic N) is 1. The molecule has 0 amide bonds. The van der Waals surface area contributed by atoms with Gasteiger partial charge in [0.2, 0.25) is 5.00 Å². The Labute approximate surface area is 78.3 Å². The van der Waals surface area contributed by atoms with Crippen LogP contribution in [0.4, 0.5) is 13.2 Å². The van der Waals surface area contributed by atoms with E-state index in [1.807, 2.05) is 0 Å². The van der Waals surface area contributed by atoms with Crippen LogP contribution < -0.4 is 5.73 Å². The van der Waals surface area contributed by atoms with Crippen molar-refractivity contribution in [2.75, 3.05) is 0 Å². The van der Waals surface area contributed by atoms with Gasteiger partial charge in [0, 0.05) is 0 Å². The Kier molecular flexibility index (Phi) is 2.54. The molecule has 1 nitrogen and oxygen atoms in total. The Morgan fingerprint density at radius 1 is 1.08 bits per heavy atom. The molecule has 0 saturated heterocycles. The SMILES string of the molecule is [N]C(Cl)(c1ccccc1)C(F)(F)F. The van der Waals surface area contributed by atoms with Gasteiger partial charge in [0.05, 0.1) is 0 Å². The average molecular weight is 208 g/mol. The molecule has 0 spiro atoms. The third kappa shape index (κ3) is 1.95. The fraction of sp³-hybridized carbons (Fsp3) is 0.250. The molecule has 0 aromatic heterocycles. The van der Waals surface area contributed by atoms with Crippen LogP contribution in [-0.2, 0) is 5.00 Å². The summed E-state index contributed by atoms with van der Waals surface area (Å²) >= 11 is 4.97. The lowest BCUT2D eigenvalue weighted by atomic mass is 10.1. The molecule has 13 heavy (non-hydrogen) atoms. The van der Waals surface area contributed by atoms with Gasteiger partial charge in [-0.25, -0.2) is 0 Å². The van der Waals surface area contributed by atoms with Gasteiger partial charge in [-0.2, -0.15) is 13.2 Å². The third-order valence-corrected chi connectivity index (χ3v) is 1.96. The van der Waals surface area contributed by atoms with E-state index in [-0.39, 0.29) is 5.56 Å². The molecule has 0 aliphatic heterocycles. The van der Waals surface area contributed by atoms with Crippen LogP contribution in [0.15, 0.2) is 30.3 Å². The van der Waals surface area contributed by atoms with E-state index in [9.17, 15) is 13.2 Å². The highest BCUT2D eigenvalue weighted by Gasteiger charge is 2.54. The van der Waals surface area contributed by atoms with E-state index in [2.05, 4.69) is 0 Å². The summed E-state index contributed by atoms with van der Waals surface area (Å²) in [6, 6.07) is 6.50. The Morgan fingerprint density at radius 3 is 1.92 bits per heavy atom. The molecule has 0 N–H and O–H groups in total. The summed E-state index contributed by atoms with van der Waals surface area (Å²) in [5, 5.41) is 0. The van der Waals surface area contributed by atoms with Crippen LogP contribution in [-0.4, -0.2) is 6.18 Å². The van der Waals surface area contributed by atoms with E-state index >= 15 is 0 Å². The van der Waals surface area contributed by atoms with E-state index in [0.717, 1.165) is 12.1 Å². The Balaban J connectivity index is 3.08. The maximum absolute atomic E-state index is 12.1. The molecule has 0 saturated carbocycles. The third-order valence-electron chi connectivity index (χ3n) is 1.53. The van der Waals surface area contributed by atoms with Crippen molar-refractivity contribution in [2.45, 2.75) is 11.2 Å². The molecule has 0 aliphatic carbocycles. The molecule has 1 aromatic rings. The number of hydrogen-bond acceptors (Lipinski definition) is 0. The van der Waals surface area contributed by atoms with E-state index in [1.165, 1.54) is 18.2 Å². The lowest BCUT2D eigenvalue weighted by molar-refractivity contribution is -0.165. The highest BCUT2D eigenvalue weighted by atomic mass is 35.5. The molecule has 2 radical (unpaired) electrons. The summed E-state index contributed by atoms with van der Waals surface area (Å²) in [6.07, 6.45) is -4.88. The second-order valence-corrected chi connectivity index (χ2v) is 3.03. The minimum Gasteiger partial charge on any atom is -0.167 e. The fourth-order valence-corrected chi connectivity index (χ4v) is 0.949. The van der Waals surface area contributed by atoms with Crippen molar-refractivity contribution in [1.82, 2.24) is 5.73 Å². The van der Waals surface area contributed by atoms with Crippen molar-refractivity contribution in [3.63, 3.8) is 0 Å². The van der Waals surface area contributed by atoms with E-state index in [1.54, 1.807) is 0 Å². The first kappa shape index (κ1) is 10.3. The standard InChI is InChI=1S/C8H5ClF3N/c9-7(13,8(10,11)12)6-4-2-1-3-5-6/h1-5H. The summed E-state index contributed by atoms with van der Waals surface area (Å²) in [4.78, 5) is -3.30. The molecular weight excluding hydrogens is 203 g/mol. The summed E-state index contributed by atoms with van der Waals surface area (Å²) in [5.41, 5.74) is 8.58. The van der Waals surface area contributed by atoms with Gasteiger partial charge in [0.1, 0.15) is 0 Å². The largest absolute Gasteiger partial charge is 0.427 e. The summed E-state index contributed by atoms with van der Waals surface area (Å²) in [7, 11) is 0. The zero-order chi connectivity index (χ0) is 10.1. The number of hydrogen-bond donors (Lipinski definition) is 0. The van der Waals surface area contributed by atoms with Crippen LogP contribution in [0.5, 0.6) is 0 Å². The smallest absolute Gasteiger partial charge is 0.167 e. The van der Waals surface area contributed by atoms with Crippen molar-refractivity contribution in [1.29, 1.82) is 0 Å². The van der Waals surface area contributed by atoms with E-state index in [0.29, 0.717) is 0 Å². The van der Waals surface area contributed by atoms with Crippen molar-refractivity contribution >= 4 is 11.6 Å². The summed E-state index contributed by atoms with van der Waals surface area (Å²) in [6.45, 7) is 0. The number of benzene rings is 1. The molecule has 1 unspecified atom stereocenters. The van der Waals surface area contributed by atoms with Crippen LogP contribution in [0.2, 0.25) is 0 Å². The van der Waals surface area contributed by atoms with Crippen molar-refractivity contribution in [3.8, 4) is 0 Å². The first-order valence-corrected chi connectivity index (χ1v) is 3.77. The molecule has 1 rings (SSSR count). The average Bonchev–Trinajstić information content (AvgIpc) is 2.04. The van der Waals surface area contributed by atoms with Gasteiger partial charge in [0.15, 0.2) is 0 Å². The highest BCUT2D eigenvalue weighted by molar-refractivity contribution is 6.24. The topological polar surface area (TPSA) is 22.3 Å². The number of rotatable bonds is 1. The van der Waals surface area contributed by atoms with E-state index < -0.39 is 11.2 Å². The minimum atomic E-state index is -4.88. The Hall–Kier alpha value is -0.740. The van der Waals surface area contributed by atoms with Crippen LogP contribution in [0.1, 0.15) is 5.56 Å². The fourth-order valence-electron chi connectivity index (χ4n) is 0.823. The van der Waals surface area contributed by atoms with Gasteiger partial charge >= 0.3 is 6.18 Å². The lowest BCUT2D eigenvalue weighted by Gasteiger charge is -2.22. The molecule has 1 aromatic carbocycles. The maximum atomic E-state index is 12.1. The monoisotopic (exact) mass is 207 g/mol. The molecule has 1 atom stereocenters. The first-order chi connectivity index (χ1) is 5.86. The molecule has 70 valence electrons. The van der Waals surface area contributed by atoms with Crippen molar-refractivity contribution in [3.05, 3.63) is 35.9 Å². The van der Waals surface area contributed by atoms with Crippen LogP contribution in [0.3, 0.4) is 0 Å². The van der Waals surface area contributed by atoms with Gasteiger partial charge < -0.3 is 0 Å². The predicted octanol–water partition coefficient (Wildman–Crippen LogP) is 2.71. The molecule has 0 fully saturated rings. The normalized spacial score (nSPS) is 16.7. The van der Waals surface area contributed by atoms with Crippen LogP contribution >= 0.6 is 11.6 Å². The van der Waals surface area contributed by atoms with Gasteiger partial charge in [0.25, 0.3) is 0 Å². The quantitative estimate of drug-likeness (QED) is 0.499. The molecule has 5 heteroatoms. The van der Waals surface area contributed by atoms with Gasteiger partial charge in [-0.3, -0.25) is 0 Å². The summed E-state index contributed by atoms with van der Waals surface area (Å²) < 4.78 is 36.4. The molecule has 0 bridgehead atoms. The van der Waals surface area contributed by atoms with Crippen molar-refractivity contribution in [2.24, 2.45) is 0 Å². The van der Waals surface area contributed by atoms with Crippen LogP contribution in [0.25, 0.3) is 0 Å². The molecular formula is C8H5ClF3N. The van der Waals surface area contributed by atoms with Crippen LogP contribution in [0, 0.1) is 0 Å². The van der Waals surface area contributed by atoms with Gasteiger partial charge in [-0.05, 0) is 5.56 Å².